The van der Waals surface area contributed by atoms with Gasteiger partial charge in [0.25, 0.3) is 5.91 Å². The van der Waals surface area contributed by atoms with E-state index in [1.54, 1.807) is 6.07 Å². The maximum atomic E-state index is 12.7. The molecule has 0 heterocycles. The van der Waals surface area contributed by atoms with Gasteiger partial charge in [-0.2, -0.15) is 16.5 Å². The summed E-state index contributed by atoms with van der Waals surface area (Å²) in [7, 11) is -3.98. The molecule has 0 aromatic heterocycles. The van der Waals surface area contributed by atoms with Crippen molar-refractivity contribution in [3.63, 3.8) is 0 Å². The molecular formula is C23H23ClN2O5S2. The Hall–Kier alpha value is -2.59. The van der Waals surface area contributed by atoms with Crippen LogP contribution in [0.2, 0.25) is 5.02 Å². The Balaban J connectivity index is 1.64. The number of esters is 1. The van der Waals surface area contributed by atoms with Crippen LogP contribution in [0.3, 0.4) is 0 Å². The predicted octanol–water partition coefficient (Wildman–Crippen LogP) is 4.08. The van der Waals surface area contributed by atoms with E-state index in [1.807, 2.05) is 42.7 Å². The predicted molar refractivity (Wildman–Crippen MR) is 132 cm³/mol. The van der Waals surface area contributed by atoms with Crippen molar-refractivity contribution < 1.29 is 22.7 Å². The molecule has 0 saturated heterocycles. The van der Waals surface area contributed by atoms with Crippen LogP contribution in [0.1, 0.15) is 6.42 Å². The lowest BCUT2D eigenvalue weighted by Gasteiger charge is -2.17. The quantitative estimate of drug-likeness (QED) is 0.402. The summed E-state index contributed by atoms with van der Waals surface area (Å²) < 4.78 is 32.9. The highest BCUT2D eigenvalue weighted by Gasteiger charge is 2.27. The number of carbonyl (C=O) groups is 2. The summed E-state index contributed by atoms with van der Waals surface area (Å²) >= 11 is 7.28. The first kappa shape index (κ1) is 25.0. The van der Waals surface area contributed by atoms with Crippen molar-refractivity contribution in [2.24, 2.45) is 0 Å². The van der Waals surface area contributed by atoms with Gasteiger partial charge in [-0.1, -0.05) is 48.0 Å². The fourth-order valence-electron chi connectivity index (χ4n) is 3.09. The Kier molecular flexibility index (Phi) is 8.74. The number of fused-ring (bicyclic) bond motifs is 1. The van der Waals surface area contributed by atoms with E-state index in [2.05, 4.69) is 10.0 Å². The molecule has 0 aliphatic carbocycles. The van der Waals surface area contributed by atoms with Gasteiger partial charge in [0.2, 0.25) is 10.0 Å². The highest BCUT2D eigenvalue weighted by atomic mass is 35.5. The Labute approximate surface area is 201 Å². The van der Waals surface area contributed by atoms with Gasteiger partial charge in [-0.25, -0.2) is 8.42 Å². The van der Waals surface area contributed by atoms with Crippen LogP contribution < -0.4 is 10.0 Å². The summed E-state index contributed by atoms with van der Waals surface area (Å²) in [5.74, 6) is -0.830. The van der Waals surface area contributed by atoms with Crippen LogP contribution in [-0.4, -0.2) is 45.0 Å². The van der Waals surface area contributed by atoms with Crippen molar-refractivity contribution in [3.8, 4) is 0 Å². The van der Waals surface area contributed by atoms with E-state index in [0.29, 0.717) is 16.5 Å². The molecule has 0 spiro atoms. The van der Waals surface area contributed by atoms with Crippen LogP contribution in [0.4, 0.5) is 5.69 Å². The normalized spacial score (nSPS) is 12.3. The summed E-state index contributed by atoms with van der Waals surface area (Å²) in [5.41, 5.74) is 0.594. The molecule has 3 aromatic rings. The molecule has 0 radical (unpaired) electrons. The number of amides is 1. The third-order valence-corrected chi connectivity index (χ3v) is 7.11. The molecule has 1 atom stereocenters. The SMILES string of the molecule is CSCCC(NS(=O)(=O)c1ccc(Cl)cc1)C(=O)OCC(=O)Nc1cccc2ccccc12. The highest BCUT2D eigenvalue weighted by Crippen LogP contribution is 2.23. The first-order valence-electron chi connectivity index (χ1n) is 10.0. The van der Waals surface area contributed by atoms with E-state index >= 15 is 0 Å². The second-order valence-electron chi connectivity index (χ2n) is 7.09. The summed E-state index contributed by atoms with van der Waals surface area (Å²) in [6.45, 7) is -0.541. The Morgan fingerprint density at radius 3 is 2.45 bits per heavy atom. The van der Waals surface area contributed by atoms with Gasteiger partial charge in [0.05, 0.1) is 4.90 Å². The molecule has 0 aliphatic heterocycles. The van der Waals surface area contributed by atoms with Crippen LogP contribution in [-0.2, 0) is 24.3 Å². The summed E-state index contributed by atoms with van der Waals surface area (Å²) in [6, 6.07) is 17.5. The number of hydrogen-bond acceptors (Lipinski definition) is 6. The topological polar surface area (TPSA) is 102 Å². The smallest absolute Gasteiger partial charge is 0.324 e. The monoisotopic (exact) mass is 506 g/mol. The highest BCUT2D eigenvalue weighted by molar-refractivity contribution is 7.98. The zero-order chi connectivity index (χ0) is 23.8. The van der Waals surface area contributed by atoms with Gasteiger partial charge >= 0.3 is 5.97 Å². The number of nitrogens with one attached hydrogen (secondary N) is 2. The molecule has 1 unspecified atom stereocenters. The molecule has 1 amide bonds. The van der Waals surface area contributed by atoms with Crippen LogP contribution >= 0.6 is 23.4 Å². The van der Waals surface area contributed by atoms with Crippen molar-refractivity contribution in [2.75, 3.05) is 23.9 Å². The zero-order valence-corrected chi connectivity index (χ0v) is 20.2. The number of hydrogen-bond donors (Lipinski definition) is 2. The second-order valence-corrected chi connectivity index (χ2v) is 10.2. The third kappa shape index (κ3) is 6.94. The lowest BCUT2D eigenvalue weighted by molar-refractivity contribution is -0.149. The molecule has 7 nitrogen and oxygen atoms in total. The fourth-order valence-corrected chi connectivity index (χ4v) is 4.90. The number of carbonyl (C=O) groups excluding carboxylic acids is 2. The van der Waals surface area contributed by atoms with Crippen molar-refractivity contribution in [1.82, 2.24) is 4.72 Å². The minimum Gasteiger partial charge on any atom is -0.454 e. The van der Waals surface area contributed by atoms with Crippen molar-refractivity contribution in [2.45, 2.75) is 17.4 Å². The Bertz CT molecular complexity index is 1230. The lowest BCUT2D eigenvalue weighted by Crippen LogP contribution is -2.43. The van der Waals surface area contributed by atoms with E-state index in [9.17, 15) is 18.0 Å². The van der Waals surface area contributed by atoms with E-state index in [4.69, 9.17) is 16.3 Å². The summed E-state index contributed by atoms with van der Waals surface area (Å²) in [5, 5.41) is 4.94. The lowest BCUT2D eigenvalue weighted by atomic mass is 10.1. The summed E-state index contributed by atoms with van der Waals surface area (Å²) in [6.07, 6.45) is 2.05. The Morgan fingerprint density at radius 2 is 1.73 bits per heavy atom. The molecular weight excluding hydrogens is 484 g/mol. The maximum Gasteiger partial charge on any atom is 0.324 e. The molecule has 3 aromatic carbocycles. The number of sulfonamides is 1. The van der Waals surface area contributed by atoms with Gasteiger partial charge in [0.15, 0.2) is 6.61 Å². The number of rotatable bonds is 10. The van der Waals surface area contributed by atoms with Gasteiger partial charge < -0.3 is 10.1 Å². The largest absolute Gasteiger partial charge is 0.454 e. The van der Waals surface area contributed by atoms with Gasteiger partial charge in [-0.05, 0) is 54.1 Å². The minimum absolute atomic E-state index is 0.0254. The molecule has 33 heavy (non-hydrogen) atoms. The van der Waals surface area contributed by atoms with Crippen LogP contribution in [0, 0.1) is 0 Å². The molecule has 0 fully saturated rings. The standard InChI is InChI=1S/C23H23ClN2O5S2/c1-32-14-13-21(26-33(29,30)18-11-9-17(24)10-12-18)23(28)31-15-22(27)25-20-8-4-6-16-5-2-3-7-19(16)20/h2-12,21,26H,13-15H2,1H3,(H,25,27). The molecule has 174 valence electrons. The maximum absolute atomic E-state index is 12.7. The van der Waals surface area contributed by atoms with Crippen molar-refractivity contribution in [1.29, 1.82) is 0 Å². The molecule has 3 rings (SSSR count). The van der Waals surface area contributed by atoms with Gasteiger partial charge in [0.1, 0.15) is 6.04 Å². The molecule has 10 heteroatoms. The molecule has 0 bridgehead atoms. The zero-order valence-electron chi connectivity index (χ0n) is 17.8. The van der Waals surface area contributed by atoms with Crippen LogP contribution in [0.5, 0.6) is 0 Å². The average Bonchev–Trinajstić information content (AvgIpc) is 2.80. The summed E-state index contributed by atoms with van der Waals surface area (Å²) in [4.78, 5) is 25.0. The van der Waals surface area contributed by atoms with E-state index in [-0.39, 0.29) is 11.3 Å². The third-order valence-electron chi connectivity index (χ3n) is 4.73. The van der Waals surface area contributed by atoms with Crippen LogP contribution in [0.25, 0.3) is 10.8 Å². The first-order valence-corrected chi connectivity index (χ1v) is 13.3. The number of thioether (sulfide) groups is 1. The number of benzene rings is 3. The van der Waals surface area contributed by atoms with Crippen molar-refractivity contribution >= 4 is 61.7 Å². The number of halogens is 1. The van der Waals surface area contributed by atoms with Crippen LogP contribution in [0.15, 0.2) is 71.6 Å². The number of ether oxygens (including phenoxy) is 1. The van der Waals surface area contributed by atoms with Gasteiger partial charge in [-0.15, -0.1) is 0 Å². The van der Waals surface area contributed by atoms with E-state index < -0.39 is 34.5 Å². The first-order chi connectivity index (χ1) is 15.8. The molecule has 0 saturated carbocycles. The average molecular weight is 507 g/mol. The van der Waals surface area contributed by atoms with Crippen molar-refractivity contribution in [3.05, 3.63) is 71.8 Å². The van der Waals surface area contributed by atoms with E-state index in [0.717, 1.165) is 10.8 Å². The van der Waals surface area contributed by atoms with Gasteiger partial charge in [-0.3, -0.25) is 9.59 Å². The molecule has 2 N–H and O–H groups in total. The Morgan fingerprint density at radius 1 is 1.03 bits per heavy atom. The number of anilines is 1. The minimum atomic E-state index is -3.98. The second kappa shape index (κ2) is 11.5. The molecule has 0 aliphatic rings. The van der Waals surface area contributed by atoms with Gasteiger partial charge in [0, 0.05) is 16.1 Å². The fraction of sp³-hybridized carbons (Fsp3) is 0.217. The van der Waals surface area contributed by atoms with E-state index in [1.165, 1.54) is 36.0 Å².